The second-order valence-corrected chi connectivity index (χ2v) is 23.2. The van der Waals surface area contributed by atoms with Gasteiger partial charge in [0.2, 0.25) is 0 Å². The Kier molecular flexibility index (Phi) is 27.2. The molecule has 0 N–H and O–H groups in total. The van der Waals surface area contributed by atoms with Crippen molar-refractivity contribution in [1.82, 2.24) is 29.9 Å². The molecule has 0 amide bonds. The summed E-state index contributed by atoms with van der Waals surface area (Å²) in [4.78, 5) is 10.5. The Morgan fingerprint density at radius 3 is 1.14 bits per heavy atom. The molecule has 16 rings (SSSR count). The summed E-state index contributed by atoms with van der Waals surface area (Å²) in [6.45, 7) is 4.04. The SMILES string of the molecule is Cc1nc(-c2[c-]cccc2)oc1-c1ccc(-c2ccccc2)cc1.Cc1nc(-c2[c-]cccc2)sc1-c1ccc(-c2ccccc2)cc1.Cn1c(-c2[c-]cccc2)nnc1-c1ccc(-c2ccccc2)cc1.[Pt+2].[Pt+2].[Pt+2].[Pt+2].[c-]1ccccc1-c1cc(-c2ccc(-c3ccccc3)cc2)on1. The smallest absolute Gasteiger partial charge is 0.481 e. The van der Waals surface area contributed by atoms with E-state index in [0.717, 1.165) is 84.2 Å². The molecule has 0 aliphatic heterocycles. The van der Waals surface area contributed by atoms with Gasteiger partial charge in [0, 0.05) is 45.0 Å². The number of aromatic nitrogens is 6. The molecule has 0 radical (unpaired) electrons. The van der Waals surface area contributed by atoms with Crippen LogP contribution in [0.3, 0.4) is 0 Å². The zero-order valence-electron chi connectivity index (χ0n) is 53.8. The van der Waals surface area contributed by atoms with Gasteiger partial charge in [-0.1, -0.05) is 224 Å². The van der Waals surface area contributed by atoms with Crippen LogP contribution in [-0.2, 0) is 91.3 Å². The first-order valence-corrected chi connectivity index (χ1v) is 32.0. The minimum atomic E-state index is 0. The molecule has 0 aliphatic carbocycles. The van der Waals surface area contributed by atoms with Crippen molar-refractivity contribution in [3.63, 3.8) is 0 Å². The van der Waals surface area contributed by atoms with Gasteiger partial charge in [-0.15, -0.1) is 148 Å². The second kappa shape index (κ2) is 36.4. The Labute approximate surface area is 640 Å². The molecule has 4 heterocycles. The molecule has 0 aliphatic rings. The Bertz CT molecular complexity index is 4750. The van der Waals surface area contributed by atoms with Gasteiger partial charge in [0.15, 0.2) is 11.6 Å². The van der Waals surface area contributed by atoms with Crippen molar-refractivity contribution < 1.29 is 93.2 Å². The molecule has 99 heavy (non-hydrogen) atoms. The molecule has 13 heteroatoms. The van der Waals surface area contributed by atoms with Crippen LogP contribution in [0.1, 0.15) is 11.4 Å². The second-order valence-electron chi connectivity index (χ2n) is 22.2. The zero-order chi connectivity index (χ0) is 64.6. The number of nitrogens with zero attached hydrogens (tertiary/aromatic N) is 6. The van der Waals surface area contributed by atoms with E-state index in [1.54, 1.807) is 11.3 Å². The van der Waals surface area contributed by atoms with E-state index in [9.17, 15) is 0 Å². The molecule has 16 aromatic rings. The van der Waals surface area contributed by atoms with Gasteiger partial charge in [0.05, 0.1) is 11.5 Å². The van der Waals surface area contributed by atoms with Crippen LogP contribution in [0.15, 0.2) is 330 Å². The molecule has 4 aromatic heterocycles. The normalized spacial score (nSPS) is 10.3. The molecule has 0 saturated heterocycles. The summed E-state index contributed by atoms with van der Waals surface area (Å²) < 4.78 is 13.5. The number of hydrogen-bond donors (Lipinski definition) is 0. The minimum Gasteiger partial charge on any atom is -0.481 e. The van der Waals surface area contributed by atoms with Crippen molar-refractivity contribution in [3.8, 4) is 134 Å². The van der Waals surface area contributed by atoms with E-state index < -0.39 is 0 Å². The van der Waals surface area contributed by atoms with Crippen molar-refractivity contribution in [2.45, 2.75) is 13.8 Å². The number of thiazole rings is 1. The molecule has 0 bridgehead atoms. The van der Waals surface area contributed by atoms with Crippen LogP contribution in [0.4, 0.5) is 0 Å². The molecule has 0 saturated carbocycles. The standard InChI is InChI=1S/C22H16NO.C22H16NS.C21H16N3.C21H14NO.4Pt/c2*1-16-21(24-22(23-16)20-10-6-3-7-11-20)19-14-12-18(13-15-19)17-8-4-2-5-9-17;1-24-20(18-10-6-3-7-11-18)22-23-21(24)19-14-12-17(13-15-19)16-8-4-2-5-9-16;1-3-7-16(8-4-1)17-11-13-19(14-12-17)21-15-20(22-23-21)18-9-5-2-6-10-18;;;;/h3*2-10,12-15H,1H3;1-9,11-15H;;;;/q4*-1;4*+2. The van der Waals surface area contributed by atoms with E-state index >= 15 is 0 Å². The number of rotatable bonds is 12. The predicted molar refractivity (Wildman–Crippen MR) is 386 cm³/mol. The maximum absolute atomic E-state index is 5.99. The van der Waals surface area contributed by atoms with E-state index in [2.05, 4.69) is 227 Å². The fraction of sp³-hybridized carbons (Fsp3) is 0.0349. The summed E-state index contributed by atoms with van der Waals surface area (Å²) in [5.41, 5.74) is 20.5. The number of hydrogen-bond acceptors (Lipinski definition) is 8. The molecule has 8 nitrogen and oxygen atoms in total. The molecule has 0 atom stereocenters. The largest absolute Gasteiger partial charge is 2.00 e. The van der Waals surface area contributed by atoms with Crippen LogP contribution in [0.5, 0.6) is 0 Å². The fourth-order valence-electron chi connectivity index (χ4n) is 10.8. The average molecular weight is 2020 g/mol. The Balaban J connectivity index is 0.000000152. The van der Waals surface area contributed by atoms with E-state index in [0.29, 0.717) is 5.89 Å². The zero-order valence-corrected chi connectivity index (χ0v) is 63.7. The van der Waals surface area contributed by atoms with Gasteiger partial charge in [-0.3, -0.25) is 9.97 Å². The molecular weight excluding hydrogens is 1960 g/mol. The monoisotopic (exact) mass is 2020 g/mol. The average Bonchev–Trinajstić information content (AvgIpc) is 1.72. The third-order valence-electron chi connectivity index (χ3n) is 15.8. The summed E-state index contributed by atoms with van der Waals surface area (Å²) in [7, 11) is 1.98. The maximum atomic E-state index is 5.99. The summed E-state index contributed by atoms with van der Waals surface area (Å²) in [5.74, 6) is 3.84. The Morgan fingerprint density at radius 1 is 0.333 bits per heavy atom. The first-order valence-electron chi connectivity index (χ1n) is 31.2. The van der Waals surface area contributed by atoms with Gasteiger partial charge >= 0.3 is 84.3 Å². The predicted octanol–water partition coefficient (Wildman–Crippen LogP) is 22.1. The van der Waals surface area contributed by atoms with Crippen LogP contribution in [0.25, 0.3) is 134 Å². The van der Waals surface area contributed by atoms with Gasteiger partial charge in [0.1, 0.15) is 11.7 Å². The van der Waals surface area contributed by atoms with Crippen LogP contribution in [0, 0.1) is 38.1 Å². The summed E-state index contributed by atoms with van der Waals surface area (Å²) in [6, 6.07) is 121. The number of oxazole rings is 1. The van der Waals surface area contributed by atoms with Crippen LogP contribution in [0.2, 0.25) is 0 Å². The van der Waals surface area contributed by atoms with Crippen LogP contribution < -0.4 is 0 Å². The summed E-state index contributed by atoms with van der Waals surface area (Å²) in [5, 5.41) is 13.8. The third-order valence-corrected chi connectivity index (χ3v) is 17.1. The molecule has 0 unspecified atom stereocenters. The summed E-state index contributed by atoms with van der Waals surface area (Å²) in [6.07, 6.45) is 0. The molecule has 490 valence electrons. The van der Waals surface area contributed by atoms with Gasteiger partial charge in [-0.25, -0.2) is 0 Å². The van der Waals surface area contributed by atoms with Gasteiger partial charge in [-0.05, 0) is 70.0 Å². The summed E-state index contributed by atoms with van der Waals surface area (Å²) >= 11 is 1.73. The third kappa shape index (κ3) is 18.7. The van der Waals surface area contributed by atoms with E-state index in [-0.39, 0.29) is 84.3 Å². The Morgan fingerprint density at radius 2 is 0.697 bits per heavy atom. The molecule has 0 spiro atoms. The van der Waals surface area contributed by atoms with Gasteiger partial charge in [0.25, 0.3) is 0 Å². The first kappa shape index (κ1) is 73.8. The Hall–Kier alpha value is -9.42. The minimum absolute atomic E-state index is 0. The topological polar surface area (TPSA) is 95.7 Å². The van der Waals surface area contributed by atoms with Crippen molar-refractivity contribution in [2.24, 2.45) is 7.05 Å². The van der Waals surface area contributed by atoms with E-state index in [4.69, 9.17) is 13.9 Å². The molecule has 12 aromatic carbocycles. The van der Waals surface area contributed by atoms with Gasteiger partial charge < -0.3 is 13.5 Å². The number of benzene rings is 12. The van der Waals surface area contributed by atoms with E-state index in [1.165, 1.54) is 54.9 Å². The van der Waals surface area contributed by atoms with Crippen molar-refractivity contribution in [3.05, 3.63) is 357 Å². The first-order chi connectivity index (χ1) is 46.8. The van der Waals surface area contributed by atoms with Crippen molar-refractivity contribution in [2.75, 3.05) is 0 Å². The van der Waals surface area contributed by atoms with Crippen molar-refractivity contribution in [1.29, 1.82) is 0 Å². The molecule has 0 fully saturated rings. The fourth-order valence-corrected chi connectivity index (χ4v) is 11.9. The van der Waals surface area contributed by atoms with Crippen LogP contribution >= 0.6 is 11.3 Å². The molecular formula is C86H62N6O2Pt4S+4. The maximum Gasteiger partial charge on any atom is 2.00 e. The quantitative estimate of drug-likeness (QED) is 0.112. The van der Waals surface area contributed by atoms with Crippen LogP contribution in [-0.4, -0.2) is 29.9 Å². The number of aryl methyl sites for hydroxylation is 2. The van der Waals surface area contributed by atoms with Gasteiger partial charge in [-0.2, -0.15) is 16.4 Å². The van der Waals surface area contributed by atoms with E-state index in [1.807, 2.05) is 164 Å². The van der Waals surface area contributed by atoms with Crippen molar-refractivity contribution >= 4 is 11.3 Å².